The molecular weight excluding hydrogens is 500 g/mol. The molecule has 5 rings (SSSR count). The standard InChI is InChI=1S/C21H16Br2N4O2/c1-11-6-15(3-4-16(11)23)27-10-13(9-19(27)28)21-25-20(26-29-21)18-8-12-7-14(22)2-5-17(12)24-18/h2-8,13,24H,9-10H2,1H3. The minimum atomic E-state index is -0.119. The van der Waals surface area contributed by atoms with Gasteiger partial charge in [0.1, 0.15) is 0 Å². The van der Waals surface area contributed by atoms with Gasteiger partial charge in [0, 0.05) is 38.5 Å². The lowest BCUT2D eigenvalue weighted by Crippen LogP contribution is -2.24. The van der Waals surface area contributed by atoms with E-state index in [0.29, 0.717) is 24.7 Å². The number of hydrogen-bond acceptors (Lipinski definition) is 4. The minimum Gasteiger partial charge on any atom is -0.352 e. The molecule has 2 aromatic carbocycles. The molecule has 0 bridgehead atoms. The molecule has 4 aromatic rings. The Bertz CT molecular complexity index is 1250. The zero-order chi connectivity index (χ0) is 20.1. The third-order valence-corrected chi connectivity index (χ3v) is 6.58. The summed E-state index contributed by atoms with van der Waals surface area (Å²) in [5.74, 6) is 0.931. The molecule has 8 heteroatoms. The third kappa shape index (κ3) is 3.40. The van der Waals surface area contributed by atoms with Crippen molar-refractivity contribution >= 4 is 54.4 Å². The van der Waals surface area contributed by atoms with Gasteiger partial charge in [-0.1, -0.05) is 37.0 Å². The number of anilines is 1. The zero-order valence-electron chi connectivity index (χ0n) is 15.4. The van der Waals surface area contributed by atoms with Crippen LogP contribution in [0.15, 0.2) is 55.9 Å². The maximum absolute atomic E-state index is 12.6. The van der Waals surface area contributed by atoms with Crippen LogP contribution in [0.1, 0.15) is 23.8 Å². The van der Waals surface area contributed by atoms with Gasteiger partial charge in [-0.05, 0) is 55.0 Å². The average molecular weight is 516 g/mol. The highest BCUT2D eigenvalue weighted by Gasteiger charge is 2.35. The Hall–Kier alpha value is -2.45. The molecule has 2 aromatic heterocycles. The van der Waals surface area contributed by atoms with Crippen LogP contribution >= 0.6 is 31.9 Å². The molecule has 0 aliphatic carbocycles. The molecule has 146 valence electrons. The molecule has 0 radical (unpaired) electrons. The lowest BCUT2D eigenvalue weighted by Gasteiger charge is -2.17. The molecule has 1 aliphatic heterocycles. The molecule has 3 heterocycles. The number of nitrogens with zero attached hydrogens (tertiary/aromatic N) is 3. The summed E-state index contributed by atoms with van der Waals surface area (Å²) in [6, 6.07) is 13.9. The predicted octanol–water partition coefficient (Wildman–Crippen LogP) is 5.57. The average Bonchev–Trinajstić information content (AvgIpc) is 3.41. The van der Waals surface area contributed by atoms with Gasteiger partial charge in [0.25, 0.3) is 0 Å². The highest BCUT2D eigenvalue weighted by atomic mass is 79.9. The number of fused-ring (bicyclic) bond motifs is 1. The number of aromatic nitrogens is 3. The minimum absolute atomic E-state index is 0.0620. The Morgan fingerprint density at radius 1 is 1.17 bits per heavy atom. The topological polar surface area (TPSA) is 75.0 Å². The molecule has 0 saturated carbocycles. The molecule has 1 fully saturated rings. The number of rotatable bonds is 3. The van der Waals surface area contributed by atoms with Gasteiger partial charge in [-0.3, -0.25) is 4.79 Å². The predicted molar refractivity (Wildman–Crippen MR) is 118 cm³/mol. The van der Waals surface area contributed by atoms with Crippen molar-refractivity contribution in [3.63, 3.8) is 0 Å². The van der Waals surface area contributed by atoms with Gasteiger partial charge >= 0.3 is 0 Å². The van der Waals surface area contributed by atoms with E-state index < -0.39 is 0 Å². The van der Waals surface area contributed by atoms with Crippen molar-refractivity contribution in [1.82, 2.24) is 15.1 Å². The zero-order valence-corrected chi connectivity index (χ0v) is 18.6. The van der Waals surface area contributed by atoms with Gasteiger partial charge in [-0.2, -0.15) is 4.98 Å². The molecule has 1 N–H and O–H groups in total. The molecule has 1 saturated heterocycles. The largest absolute Gasteiger partial charge is 0.352 e. The second-order valence-electron chi connectivity index (χ2n) is 7.21. The van der Waals surface area contributed by atoms with Crippen molar-refractivity contribution in [3.8, 4) is 11.5 Å². The van der Waals surface area contributed by atoms with Crippen LogP contribution in [0, 0.1) is 6.92 Å². The number of aromatic amines is 1. The summed E-state index contributed by atoms with van der Waals surface area (Å²) in [5.41, 5.74) is 3.77. The van der Waals surface area contributed by atoms with Crippen LogP contribution in [0.2, 0.25) is 0 Å². The molecular formula is C21H16Br2N4O2. The fourth-order valence-corrected chi connectivity index (χ4v) is 4.28. The monoisotopic (exact) mass is 514 g/mol. The van der Waals surface area contributed by atoms with Crippen LogP contribution in [0.5, 0.6) is 0 Å². The first kappa shape index (κ1) is 18.6. The van der Waals surface area contributed by atoms with E-state index in [9.17, 15) is 4.79 Å². The van der Waals surface area contributed by atoms with Gasteiger partial charge in [0.15, 0.2) is 0 Å². The highest BCUT2D eigenvalue weighted by molar-refractivity contribution is 9.10. The summed E-state index contributed by atoms with van der Waals surface area (Å²) >= 11 is 6.98. The third-order valence-electron chi connectivity index (χ3n) is 5.19. The number of carbonyl (C=O) groups is 1. The van der Waals surface area contributed by atoms with E-state index in [-0.39, 0.29) is 11.8 Å². The van der Waals surface area contributed by atoms with Gasteiger partial charge < -0.3 is 14.4 Å². The molecule has 1 atom stereocenters. The van der Waals surface area contributed by atoms with E-state index >= 15 is 0 Å². The Morgan fingerprint density at radius 3 is 2.86 bits per heavy atom. The van der Waals surface area contributed by atoms with E-state index in [1.54, 1.807) is 4.90 Å². The molecule has 1 aliphatic rings. The summed E-state index contributed by atoms with van der Waals surface area (Å²) in [4.78, 5) is 22.3. The van der Waals surface area contributed by atoms with Crippen molar-refractivity contribution in [2.24, 2.45) is 0 Å². The number of H-pyrrole nitrogens is 1. The van der Waals surface area contributed by atoms with Crippen molar-refractivity contribution in [1.29, 1.82) is 0 Å². The van der Waals surface area contributed by atoms with E-state index in [1.807, 2.05) is 49.4 Å². The first-order valence-corrected chi connectivity index (χ1v) is 10.8. The fraction of sp³-hybridized carbons (Fsp3) is 0.190. The Morgan fingerprint density at radius 2 is 2.03 bits per heavy atom. The van der Waals surface area contributed by atoms with Gasteiger partial charge in [0.2, 0.25) is 17.6 Å². The number of benzene rings is 2. The fourth-order valence-electron chi connectivity index (χ4n) is 3.65. The Labute approximate surface area is 183 Å². The maximum atomic E-state index is 12.6. The van der Waals surface area contributed by atoms with E-state index in [2.05, 4.69) is 47.0 Å². The van der Waals surface area contributed by atoms with Crippen molar-refractivity contribution in [3.05, 3.63) is 62.9 Å². The van der Waals surface area contributed by atoms with Crippen LogP contribution < -0.4 is 4.90 Å². The van der Waals surface area contributed by atoms with Crippen molar-refractivity contribution in [2.45, 2.75) is 19.3 Å². The first-order valence-electron chi connectivity index (χ1n) is 9.17. The SMILES string of the molecule is Cc1cc(N2CC(c3nc(-c4cc5cc(Br)ccc5[nH]4)no3)CC2=O)ccc1Br. The first-order chi connectivity index (χ1) is 14.0. The lowest BCUT2D eigenvalue weighted by atomic mass is 10.1. The summed E-state index contributed by atoms with van der Waals surface area (Å²) in [5, 5.41) is 5.20. The molecule has 29 heavy (non-hydrogen) atoms. The van der Waals surface area contributed by atoms with Crippen LogP contribution in [-0.2, 0) is 4.79 Å². The van der Waals surface area contributed by atoms with E-state index in [4.69, 9.17) is 4.52 Å². The number of halogens is 2. The number of hydrogen-bond donors (Lipinski definition) is 1. The smallest absolute Gasteiger partial charge is 0.232 e. The highest BCUT2D eigenvalue weighted by Crippen LogP contribution is 2.33. The summed E-state index contributed by atoms with van der Waals surface area (Å²) < 4.78 is 7.56. The normalized spacial score (nSPS) is 16.9. The molecule has 0 spiro atoms. The summed E-state index contributed by atoms with van der Waals surface area (Å²) in [6.07, 6.45) is 0.358. The Kier molecular flexibility index (Phi) is 4.55. The van der Waals surface area contributed by atoms with Gasteiger partial charge in [-0.15, -0.1) is 0 Å². The number of carbonyl (C=O) groups excluding carboxylic acids is 1. The second kappa shape index (κ2) is 7.11. The lowest BCUT2D eigenvalue weighted by molar-refractivity contribution is -0.117. The molecule has 1 amide bonds. The molecule has 6 nitrogen and oxygen atoms in total. The number of aryl methyl sites for hydroxylation is 1. The van der Waals surface area contributed by atoms with Gasteiger partial charge in [-0.25, -0.2) is 0 Å². The van der Waals surface area contributed by atoms with Crippen LogP contribution in [0.25, 0.3) is 22.4 Å². The van der Waals surface area contributed by atoms with Crippen LogP contribution in [0.4, 0.5) is 5.69 Å². The van der Waals surface area contributed by atoms with Crippen molar-refractivity contribution in [2.75, 3.05) is 11.4 Å². The van der Waals surface area contributed by atoms with Crippen LogP contribution in [-0.4, -0.2) is 27.6 Å². The number of nitrogens with one attached hydrogen (secondary N) is 1. The van der Waals surface area contributed by atoms with Crippen molar-refractivity contribution < 1.29 is 9.32 Å². The number of amides is 1. The quantitative estimate of drug-likeness (QED) is 0.387. The van der Waals surface area contributed by atoms with E-state index in [0.717, 1.165) is 36.8 Å². The van der Waals surface area contributed by atoms with Gasteiger partial charge in [0.05, 0.1) is 11.6 Å². The van der Waals surface area contributed by atoms with E-state index in [1.165, 1.54) is 0 Å². The molecule has 1 unspecified atom stereocenters. The van der Waals surface area contributed by atoms with Crippen LogP contribution in [0.3, 0.4) is 0 Å². The summed E-state index contributed by atoms with van der Waals surface area (Å²) in [7, 11) is 0. The Balaban J connectivity index is 1.40. The second-order valence-corrected chi connectivity index (χ2v) is 8.98. The maximum Gasteiger partial charge on any atom is 0.232 e. The summed E-state index contributed by atoms with van der Waals surface area (Å²) in [6.45, 7) is 2.54.